The fourth-order valence-corrected chi connectivity index (χ4v) is 2.73. The van der Waals surface area contributed by atoms with E-state index in [0.717, 1.165) is 16.8 Å². The van der Waals surface area contributed by atoms with E-state index in [1.54, 1.807) is 13.2 Å². The molecule has 1 aromatic carbocycles. The fraction of sp³-hybridized carbons (Fsp3) is 0.481. The van der Waals surface area contributed by atoms with Crippen molar-refractivity contribution in [2.75, 3.05) is 25.1 Å². The maximum absolute atomic E-state index is 12.2. The SMILES string of the molecule is CN(C(=O)OC(C)(C)C)c1ccc(/C=C/c2ccc(OC(C)(C)COC(C)(C)CN)nc2)cc1. The van der Waals surface area contributed by atoms with Crippen LogP contribution in [0.4, 0.5) is 10.5 Å². The van der Waals surface area contributed by atoms with Gasteiger partial charge in [0.2, 0.25) is 5.88 Å². The Hall–Kier alpha value is -2.90. The zero-order chi connectivity index (χ0) is 25.6. The standard InChI is InChI=1S/C27H39N3O4/c1-25(2,3)34-24(31)30(8)22-14-11-20(12-15-22)9-10-21-13-16-23(29-17-21)33-27(6,7)19-32-26(4,5)18-28/h9-17H,18-19,28H2,1-8H3/b10-9+. The summed E-state index contributed by atoms with van der Waals surface area (Å²) < 4.78 is 17.3. The summed E-state index contributed by atoms with van der Waals surface area (Å²) in [5.41, 5.74) is 6.96. The highest BCUT2D eigenvalue weighted by Gasteiger charge is 2.26. The largest absolute Gasteiger partial charge is 0.469 e. The van der Waals surface area contributed by atoms with Crippen LogP contribution in [0, 0.1) is 0 Å². The lowest BCUT2D eigenvalue weighted by atomic mass is 10.1. The number of hydrogen-bond acceptors (Lipinski definition) is 6. The minimum Gasteiger partial charge on any atom is -0.469 e. The number of pyridine rings is 1. The molecule has 0 aliphatic heterocycles. The molecule has 0 saturated carbocycles. The van der Waals surface area contributed by atoms with Gasteiger partial charge in [0.15, 0.2) is 0 Å². The van der Waals surface area contributed by atoms with E-state index in [9.17, 15) is 4.79 Å². The van der Waals surface area contributed by atoms with Crippen molar-refractivity contribution in [3.63, 3.8) is 0 Å². The van der Waals surface area contributed by atoms with E-state index in [0.29, 0.717) is 19.0 Å². The predicted octanol–water partition coefficient (Wildman–Crippen LogP) is 5.53. The summed E-state index contributed by atoms with van der Waals surface area (Å²) in [7, 11) is 1.70. The van der Waals surface area contributed by atoms with Crippen LogP contribution in [0.5, 0.6) is 5.88 Å². The molecule has 186 valence electrons. The van der Waals surface area contributed by atoms with E-state index in [2.05, 4.69) is 4.98 Å². The van der Waals surface area contributed by atoms with Crippen LogP contribution in [-0.2, 0) is 9.47 Å². The zero-order valence-corrected chi connectivity index (χ0v) is 21.7. The van der Waals surface area contributed by atoms with E-state index in [1.165, 1.54) is 4.90 Å². The number of rotatable bonds is 9. The lowest BCUT2D eigenvalue weighted by Gasteiger charge is -2.31. The Morgan fingerprint density at radius 1 is 0.941 bits per heavy atom. The van der Waals surface area contributed by atoms with Gasteiger partial charge in [0.1, 0.15) is 11.2 Å². The Morgan fingerprint density at radius 2 is 1.53 bits per heavy atom. The lowest BCUT2D eigenvalue weighted by molar-refractivity contribution is -0.0776. The molecule has 0 aliphatic rings. The first-order chi connectivity index (χ1) is 15.7. The smallest absolute Gasteiger partial charge is 0.414 e. The van der Waals surface area contributed by atoms with Gasteiger partial charge in [-0.2, -0.15) is 0 Å². The third-order valence-electron chi connectivity index (χ3n) is 4.86. The molecule has 0 aliphatic carbocycles. The molecule has 2 N–H and O–H groups in total. The molecular formula is C27H39N3O4. The number of anilines is 1. The minimum atomic E-state index is -0.537. The van der Waals surface area contributed by atoms with Crippen LogP contribution in [0.3, 0.4) is 0 Å². The number of hydrogen-bond donors (Lipinski definition) is 1. The summed E-state index contributed by atoms with van der Waals surface area (Å²) in [5, 5.41) is 0. The molecule has 0 saturated heterocycles. The van der Waals surface area contributed by atoms with Crippen LogP contribution >= 0.6 is 0 Å². The highest BCUT2D eigenvalue weighted by molar-refractivity contribution is 5.87. The van der Waals surface area contributed by atoms with E-state index in [1.807, 2.05) is 97.0 Å². The quantitative estimate of drug-likeness (QED) is 0.519. The molecule has 2 aromatic rings. The van der Waals surface area contributed by atoms with Crippen LogP contribution < -0.4 is 15.4 Å². The summed E-state index contributed by atoms with van der Waals surface area (Å²) in [6.07, 6.45) is 5.34. The summed E-state index contributed by atoms with van der Waals surface area (Å²) in [5.74, 6) is 0.533. The number of ether oxygens (including phenoxy) is 3. The van der Waals surface area contributed by atoms with Gasteiger partial charge in [-0.05, 0) is 77.8 Å². The summed E-state index contributed by atoms with van der Waals surface area (Å²) in [6.45, 7) is 14.2. The van der Waals surface area contributed by atoms with Gasteiger partial charge in [0.05, 0.1) is 12.2 Å². The molecule has 0 unspecified atom stereocenters. The van der Waals surface area contributed by atoms with Crippen molar-refractivity contribution < 1.29 is 19.0 Å². The number of nitrogens with two attached hydrogens (primary N) is 1. The maximum atomic E-state index is 12.2. The van der Waals surface area contributed by atoms with E-state index < -0.39 is 16.8 Å². The number of benzene rings is 1. The van der Waals surface area contributed by atoms with E-state index >= 15 is 0 Å². The third-order valence-corrected chi connectivity index (χ3v) is 4.86. The lowest BCUT2D eigenvalue weighted by Crippen LogP contribution is -2.42. The third kappa shape index (κ3) is 9.15. The first kappa shape index (κ1) is 27.3. The second-order valence-corrected chi connectivity index (χ2v) is 10.5. The Bertz CT molecular complexity index is 959. The average molecular weight is 470 g/mol. The van der Waals surface area contributed by atoms with Crippen molar-refractivity contribution in [2.24, 2.45) is 5.73 Å². The average Bonchev–Trinajstić information content (AvgIpc) is 2.76. The molecule has 0 spiro atoms. The number of amides is 1. The van der Waals surface area contributed by atoms with Crippen LogP contribution in [0.15, 0.2) is 42.6 Å². The van der Waals surface area contributed by atoms with Crippen molar-refractivity contribution >= 4 is 23.9 Å². The molecule has 1 heterocycles. The number of nitrogens with zero attached hydrogens (tertiary/aromatic N) is 2. The molecule has 0 bridgehead atoms. The van der Waals surface area contributed by atoms with Crippen molar-refractivity contribution in [3.05, 3.63) is 53.7 Å². The van der Waals surface area contributed by atoms with Crippen LogP contribution in [-0.4, -0.2) is 48.1 Å². The molecule has 34 heavy (non-hydrogen) atoms. The van der Waals surface area contributed by atoms with Gasteiger partial charge in [-0.1, -0.05) is 24.3 Å². The summed E-state index contributed by atoms with van der Waals surface area (Å²) in [4.78, 5) is 18.1. The normalized spacial score (nSPS) is 12.6. The number of carbonyl (C=O) groups excluding carboxylic acids is 1. The molecular weight excluding hydrogens is 430 g/mol. The summed E-state index contributed by atoms with van der Waals surface area (Å²) >= 11 is 0. The van der Waals surface area contributed by atoms with Gasteiger partial charge in [0.25, 0.3) is 0 Å². The molecule has 1 aromatic heterocycles. The maximum Gasteiger partial charge on any atom is 0.414 e. The molecule has 7 heteroatoms. The Labute approximate surface area is 203 Å². The molecule has 2 rings (SSSR count). The Balaban J connectivity index is 1.95. The Morgan fingerprint density at radius 3 is 2.06 bits per heavy atom. The van der Waals surface area contributed by atoms with E-state index in [4.69, 9.17) is 19.9 Å². The van der Waals surface area contributed by atoms with Crippen molar-refractivity contribution in [2.45, 2.75) is 65.3 Å². The second kappa shape index (κ2) is 11.0. The Kier molecular flexibility index (Phi) is 8.86. The van der Waals surface area contributed by atoms with Gasteiger partial charge >= 0.3 is 6.09 Å². The summed E-state index contributed by atoms with van der Waals surface area (Å²) in [6, 6.07) is 11.5. The monoisotopic (exact) mass is 469 g/mol. The highest BCUT2D eigenvalue weighted by atomic mass is 16.6. The fourth-order valence-electron chi connectivity index (χ4n) is 2.73. The molecule has 0 atom stereocenters. The van der Waals surface area contributed by atoms with Crippen molar-refractivity contribution in [1.29, 1.82) is 0 Å². The second-order valence-electron chi connectivity index (χ2n) is 10.5. The molecule has 0 fully saturated rings. The van der Waals surface area contributed by atoms with Gasteiger partial charge in [-0.25, -0.2) is 9.78 Å². The van der Waals surface area contributed by atoms with E-state index in [-0.39, 0.29) is 6.09 Å². The highest BCUT2D eigenvalue weighted by Crippen LogP contribution is 2.21. The van der Waals surface area contributed by atoms with Crippen molar-refractivity contribution in [1.82, 2.24) is 4.98 Å². The molecule has 7 nitrogen and oxygen atoms in total. The number of aromatic nitrogens is 1. The topological polar surface area (TPSA) is 86.9 Å². The molecule has 0 radical (unpaired) electrons. The van der Waals surface area contributed by atoms with Crippen LogP contribution in [0.25, 0.3) is 12.2 Å². The van der Waals surface area contributed by atoms with Crippen LogP contribution in [0.2, 0.25) is 0 Å². The van der Waals surface area contributed by atoms with Gasteiger partial charge in [-0.3, -0.25) is 4.90 Å². The van der Waals surface area contributed by atoms with Gasteiger partial charge < -0.3 is 19.9 Å². The first-order valence-corrected chi connectivity index (χ1v) is 11.4. The number of carbonyl (C=O) groups is 1. The van der Waals surface area contributed by atoms with Crippen molar-refractivity contribution in [3.8, 4) is 5.88 Å². The van der Waals surface area contributed by atoms with Gasteiger partial charge in [-0.15, -0.1) is 0 Å². The van der Waals surface area contributed by atoms with Crippen LogP contribution in [0.1, 0.15) is 59.6 Å². The van der Waals surface area contributed by atoms with Gasteiger partial charge in [0, 0.05) is 31.5 Å². The first-order valence-electron chi connectivity index (χ1n) is 11.4. The molecule has 1 amide bonds. The zero-order valence-electron chi connectivity index (χ0n) is 21.7. The predicted molar refractivity (Wildman–Crippen MR) is 138 cm³/mol. The minimum absolute atomic E-state index is 0.387.